The first-order valence-corrected chi connectivity index (χ1v) is 8.30. The maximum atomic E-state index is 13.0. The lowest BCUT2D eigenvalue weighted by molar-refractivity contribution is -0.117. The monoisotopic (exact) mass is 352 g/mol. The number of hydrogen-bond donors (Lipinski definition) is 2. The molecule has 0 spiro atoms. The number of hydrogen-bond acceptors (Lipinski definition) is 5. The van der Waals surface area contributed by atoms with Gasteiger partial charge in [-0.25, -0.2) is 4.39 Å². The summed E-state index contributed by atoms with van der Waals surface area (Å²) in [6.07, 6.45) is 0. The molecule has 0 saturated heterocycles. The normalized spacial score (nSPS) is 12.2. The molecule has 1 aromatic heterocycles. The largest absolute Gasteiger partial charge is 0.395 e. The molecule has 130 valence electrons. The van der Waals surface area contributed by atoms with E-state index in [1.807, 2.05) is 13.8 Å². The van der Waals surface area contributed by atoms with Gasteiger partial charge in [-0.3, -0.25) is 4.79 Å². The molecule has 0 aliphatic rings. The molecule has 0 atom stereocenters. The number of aromatic nitrogens is 1. The molecule has 1 aromatic carbocycles. The number of nitrogens with zero attached hydrogens (tertiary/aromatic N) is 1. The first-order chi connectivity index (χ1) is 11.1. The van der Waals surface area contributed by atoms with Gasteiger partial charge in [-0.15, -0.1) is 11.8 Å². The highest BCUT2D eigenvalue weighted by atomic mass is 32.2. The van der Waals surface area contributed by atoms with Crippen LogP contribution in [0.1, 0.15) is 33.5 Å². The van der Waals surface area contributed by atoms with Crippen molar-refractivity contribution in [1.82, 2.24) is 5.16 Å². The smallest absolute Gasteiger partial charge is 0.241 e. The zero-order chi connectivity index (χ0) is 18.0. The average Bonchev–Trinajstić information content (AvgIpc) is 2.98. The number of carbonyl (C=O) groups is 1. The van der Waals surface area contributed by atoms with Gasteiger partial charge < -0.3 is 14.9 Å². The van der Waals surface area contributed by atoms with Gasteiger partial charge in [0.15, 0.2) is 5.82 Å². The highest BCUT2D eigenvalue weighted by Gasteiger charge is 2.31. The fourth-order valence-corrected chi connectivity index (χ4v) is 2.85. The van der Waals surface area contributed by atoms with Gasteiger partial charge >= 0.3 is 0 Å². The maximum absolute atomic E-state index is 13.0. The van der Waals surface area contributed by atoms with E-state index in [2.05, 4.69) is 10.5 Å². The van der Waals surface area contributed by atoms with Crippen LogP contribution in [0.3, 0.4) is 0 Å². The molecule has 24 heavy (non-hydrogen) atoms. The van der Waals surface area contributed by atoms with Gasteiger partial charge in [0.2, 0.25) is 5.91 Å². The Morgan fingerprint density at radius 3 is 2.50 bits per heavy atom. The lowest BCUT2D eigenvalue weighted by Crippen LogP contribution is -2.34. The highest BCUT2D eigenvalue weighted by molar-refractivity contribution is 8.01. The van der Waals surface area contributed by atoms with Crippen LogP contribution in [0, 0.1) is 5.82 Å². The van der Waals surface area contributed by atoms with E-state index in [1.54, 1.807) is 32.0 Å². The van der Waals surface area contributed by atoms with Crippen LogP contribution >= 0.6 is 11.8 Å². The van der Waals surface area contributed by atoms with Crippen LogP contribution in [0.4, 0.5) is 10.2 Å². The molecule has 2 rings (SSSR count). The number of halogens is 1. The van der Waals surface area contributed by atoms with Gasteiger partial charge in [0.25, 0.3) is 0 Å². The minimum Gasteiger partial charge on any atom is -0.395 e. The Labute approximate surface area is 144 Å². The lowest BCUT2D eigenvalue weighted by atomic mass is 9.92. The number of nitrogens with one attached hydrogen (secondary N) is 1. The van der Waals surface area contributed by atoms with Gasteiger partial charge in [-0.2, -0.15) is 0 Å². The standard InChI is InChI=1S/C17H21FN2O3S/c1-16(2,10-21)13-9-14(20-23-13)19-15(22)17(3,4)24-12-7-5-11(18)6-8-12/h5-9,21H,10H2,1-4H3,(H,19,20,22). The minimum atomic E-state index is -0.788. The fraction of sp³-hybridized carbons (Fsp3) is 0.412. The zero-order valence-electron chi connectivity index (χ0n) is 14.1. The van der Waals surface area contributed by atoms with Crippen LogP contribution in [-0.2, 0) is 10.2 Å². The van der Waals surface area contributed by atoms with Gasteiger partial charge in [0.05, 0.1) is 11.4 Å². The Balaban J connectivity index is 2.06. The number of benzene rings is 1. The van der Waals surface area contributed by atoms with Gasteiger partial charge in [-0.05, 0) is 38.1 Å². The van der Waals surface area contributed by atoms with E-state index in [0.717, 1.165) is 4.90 Å². The summed E-state index contributed by atoms with van der Waals surface area (Å²) in [6, 6.07) is 7.58. The highest BCUT2D eigenvalue weighted by Crippen LogP contribution is 2.34. The molecule has 0 unspecified atom stereocenters. The Bertz CT molecular complexity index is 711. The van der Waals surface area contributed by atoms with Crippen LogP contribution in [0.25, 0.3) is 0 Å². The third-order valence-corrected chi connectivity index (χ3v) is 4.75. The SMILES string of the molecule is CC(C)(Sc1ccc(F)cc1)C(=O)Nc1cc(C(C)(C)CO)on1. The molecule has 0 aliphatic carbocycles. The van der Waals surface area contributed by atoms with Crippen molar-refractivity contribution in [3.8, 4) is 0 Å². The number of thioether (sulfide) groups is 1. The number of anilines is 1. The van der Waals surface area contributed by atoms with Crippen molar-refractivity contribution in [3.63, 3.8) is 0 Å². The van der Waals surface area contributed by atoms with Crippen molar-refractivity contribution >= 4 is 23.5 Å². The molecule has 0 saturated carbocycles. The van der Waals surface area contributed by atoms with Crippen LogP contribution in [-0.4, -0.2) is 27.5 Å². The third-order valence-electron chi connectivity index (χ3n) is 3.55. The summed E-state index contributed by atoms with van der Waals surface area (Å²) in [4.78, 5) is 13.3. The first kappa shape index (κ1) is 18.5. The minimum absolute atomic E-state index is 0.0957. The molecule has 2 N–H and O–H groups in total. The molecule has 0 fully saturated rings. The quantitative estimate of drug-likeness (QED) is 0.777. The first-order valence-electron chi connectivity index (χ1n) is 7.48. The van der Waals surface area contributed by atoms with E-state index in [0.29, 0.717) is 11.6 Å². The summed E-state index contributed by atoms with van der Waals surface area (Å²) in [5.74, 6) is 0.218. The summed E-state index contributed by atoms with van der Waals surface area (Å²) in [6.45, 7) is 7.08. The second kappa shape index (κ2) is 6.94. The topological polar surface area (TPSA) is 75.4 Å². The number of carbonyl (C=O) groups excluding carboxylic acids is 1. The average molecular weight is 352 g/mol. The van der Waals surface area contributed by atoms with E-state index in [9.17, 15) is 14.3 Å². The number of aliphatic hydroxyl groups excluding tert-OH is 1. The molecule has 0 aliphatic heterocycles. The second-order valence-electron chi connectivity index (χ2n) is 6.64. The van der Waals surface area contributed by atoms with E-state index in [-0.39, 0.29) is 18.3 Å². The summed E-state index contributed by atoms with van der Waals surface area (Å²) < 4.78 is 17.4. The van der Waals surface area contributed by atoms with Crippen molar-refractivity contribution < 1.29 is 18.8 Å². The van der Waals surface area contributed by atoms with Crippen LogP contribution in [0.5, 0.6) is 0 Å². The summed E-state index contributed by atoms with van der Waals surface area (Å²) in [7, 11) is 0. The van der Waals surface area contributed by atoms with Crippen molar-refractivity contribution in [3.05, 3.63) is 41.9 Å². The van der Waals surface area contributed by atoms with Crippen molar-refractivity contribution in [2.75, 3.05) is 11.9 Å². The Morgan fingerprint density at radius 2 is 1.92 bits per heavy atom. The molecular formula is C17H21FN2O3S. The summed E-state index contributed by atoms with van der Waals surface area (Å²) >= 11 is 1.32. The van der Waals surface area contributed by atoms with E-state index in [4.69, 9.17) is 4.52 Å². The summed E-state index contributed by atoms with van der Waals surface area (Å²) in [5, 5.41) is 15.9. The lowest BCUT2D eigenvalue weighted by Gasteiger charge is -2.22. The molecule has 1 amide bonds. The third kappa shape index (κ3) is 4.36. The molecule has 2 aromatic rings. The molecule has 7 heteroatoms. The van der Waals surface area contributed by atoms with Crippen molar-refractivity contribution in [2.24, 2.45) is 0 Å². The summed E-state index contributed by atoms with van der Waals surface area (Å²) in [5.41, 5.74) is -0.575. The Kier molecular flexibility index (Phi) is 5.35. The van der Waals surface area contributed by atoms with E-state index in [1.165, 1.54) is 23.9 Å². The molecule has 5 nitrogen and oxygen atoms in total. The van der Waals surface area contributed by atoms with Gasteiger partial charge in [-0.1, -0.05) is 19.0 Å². The van der Waals surface area contributed by atoms with Gasteiger partial charge in [0, 0.05) is 16.4 Å². The van der Waals surface area contributed by atoms with E-state index >= 15 is 0 Å². The van der Waals surface area contributed by atoms with Crippen LogP contribution in [0.15, 0.2) is 39.8 Å². The van der Waals surface area contributed by atoms with Crippen molar-refractivity contribution in [1.29, 1.82) is 0 Å². The number of amides is 1. The second-order valence-corrected chi connectivity index (χ2v) is 8.33. The molecular weight excluding hydrogens is 331 g/mol. The Hall–Kier alpha value is -1.86. The predicted octanol–water partition coefficient (Wildman–Crippen LogP) is 3.59. The van der Waals surface area contributed by atoms with Crippen LogP contribution < -0.4 is 5.32 Å². The fourth-order valence-electron chi connectivity index (χ4n) is 1.84. The number of rotatable bonds is 6. The number of aliphatic hydroxyl groups is 1. The molecule has 1 heterocycles. The van der Waals surface area contributed by atoms with Crippen LogP contribution in [0.2, 0.25) is 0 Å². The van der Waals surface area contributed by atoms with E-state index < -0.39 is 10.2 Å². The Morgan fingerprint density at radius 1 is 1.29 bits per heavy atom. The molecule has 0 radical (unpaired) electrons. The molecule has 0 bridgehead atoms. The zero-order valence-corrected chi connectivity index (χ0v) is 14.9. The van der Waals surface area contributed by atoms with Crippen molar-refractivity contribution in [2.45, 2.75) is 42.8 Å². The van der Waals surface area contributed by atoms with Gasteiger partial charge in [0.1, 0.15) is 11.6 Å². The predicted molar refractivity (Wildman–Crippen MR) is 91.6 cm³/mol. The maximum Gasteiger partial charge on any atom is 0.241 e.